The van der Waals surface area contributed by atoms with Gasteiger partial charge in [0.2, 0.25) is 11.8 Å². The molecule has 1 N–H and O–H groups in total. The first-order valence-electron chi connectivity index (χ1n) is 8.98. The molecular weight excluding hydrogens is 344 g/mol. The summed E-state index contributed by atoms with van der Waals surface area (Å²) in [6, 6.07) is 16.5. The lowest BCUT2D eigenvalue weighted by Gasteiger charge is -2.33. The quantitative estimate of drug-likeness (QED) is 0.822. The molecule has 2 amide bonds. The number of anilines is 1. The van der Waals surface area contributed by atoms with Gasteiger partial charge in [-0.1, -0.05) is 18.2 Å². The highest BCUT2D eigenvalue weighted by atomic mass is 16.5. The highest BCUT2D eigenvalue weighted by Crippen LogP contribution is 2.25. The van der Waals surface area contributed by atoms with Crippen LogP contribution in [-0.4, -0.2) is 43.0 Å². The molecule has 1 saturated heterocycles. The zero-order valence-corrected chi connectivity index (χ0v) is 15.6. The fourth-order valence-electron chi connectivity index (χ4n) is 2.78. The average molecular weight is 368 g/mol. The second-order valence-electron chi connectivity index (χ2n) is 6.92. The molecule has 6 nitrogen and oxygen atoms in total. The molecule has 0 aromatic heterocycles. The van der Waals surface area contributed by atoms with E-state index >= 15 is 0 Å². The van der Waals surface area contributed by atoms with Gasteiger partial charge in [-0.05, 0) is 50.2 Å². The van der Waals surface area contributed by atoms with Crippen LogP contribution in [0.15, 0.2) is 54.6 Å². The third-order valence-electron chi connectivity index (χ3n) is 4.49. The van der Waals surface area contributed by atoms with E-state index in [0.717, 1.165) is 5.75 Å². The Hall–Kier alpha value is -2.86. The molecule has 0 unspecified atom stereocenters. The molecule has 0 atom stereocenters. The fourth-order valence-corrected chi connectivity index (χ4v) is 2.78. The second kappa shape index (κ2) is 8.22. The fraction of sp³-hybridized carbons (Fsp3) is 0.333. The lowest BCUT2D eigenvalue weighted by Crippen LogP contribution is -2.51. The van der Waals surface area contributed by atoms with Crippen LogP contribution in [-0.2, 0) is 14.3 Å². The number of nitrogens with zero attached hydrogens (tertiary/aromatic N) is 1. The number of para-hydroxylation sites is 1. The number of carbonyl (C=O) groups excluding carboxylic acids is 2. The van der Waals surface area contributed by atoms with Crippen molar-refractivity contribution in [1.29, 1.82) is 0 Å². The Bertz CT molecular complexity index is 782. The van der Waals surface area contributed by atoms with E-state index in [0.29, 0.717) is 37.7 Å². The van der Waals surface area contributed by atoms with Crippen molar-refractivity contribution in [2.45, 2.75) is 13.8 Å². The van der Waals surface area contributed by atoms with E-state index < -0.39 is 5.41 Å². The molecule has 2 aromatic carbocycles. The maximum Gasteiger partial charge on any atom is 0.239 e. The molecule has 3 rings (SSSR count). The molecule has 6 heteroatoms. The van der Waals surface area contributed by atoms with Gasteiger partial charge in [0.05, 0.1) is 13.2 Å². The van der Waals surface area contributed by atoms with Crippen LogP contribution in [0.5, 0.6) is 11.5 Å². The first-order chi connectivity index (χ1) is 13.0. The van der Waals surface area contributed by atoms with Crippen LogP contribution in [0.1, 0.15) is 13.8 Å². The van der Waals surface area contributed by atoms with E-state index in [4.69, 9.17) is 9.47 Å². The van der Waals surface area contributed by atoms with Crippen LogP contribution in [0.2, 0.25) is 0 Å². The summed E-state index contributed by atoms with van der Waals surface area (Å²) in [6.07, 6.45) is 0. The Kier molecular flexibility index (Phi) is 5.76. The van der Waals surface area contributed by atoms with Gasteiger partial charge in [0, 0.05) is 18.8 Å². The van der Waals surface area contributed by atoms with Gasteiger partial charge in [0.25, 0.3) is 0 Å². The first kappa shape index (κ1) is 18.9. The van der Waals surface area contributed by atoms with Crippen molar-refractivity contribution in [3.63, 3.8) is 0 Å². The topological polar surface area (TPSA) is 67.9 Å². The van der Waals surface area contributed by atoms with Gasteiger partial charge < -0.3 is 19.7 Å². The largest absolute Gasteiger partial charge is 0.457 e. The molecule has 1 fully saturated rings. The number of amides is 2. The number of rotatable bonds is 5. The molecule has 142 valence electrons. The number of nitrogens with one attached hydrogen (secondary N) is 1. The van der Waals surface area contributed by atoms with E-state index in [-0.39, 0.29) is 11.8 Å². The number of benzene rings is 2. The van der Waals surface area contributed by atoms with Crippen molar-refractivity contribution >= 4 is 17.5 Å². The summed E-state index contributed by atoms with van der Waals surface area (Å²) in [7, 11) is 0. The normalized spacial score (nSPS) is 14.5. The Morgan fingerprint density at radius 3 is 2.19 bits per heavy atom. The predicted molar refractivity (Wildman–Crippen MR) is 103 cm³/mol. The monoisotopic (exact) mass is 368 g/mol. The van der Waals surface area contributed by atoms with Gasteiger partial charge >= 0.3 is 0 Å². The molecule has 1 heterocycles. The first-order valence-corrected chi connectivity index (χ1v) is 8.98. The Balaban J connectivity index is 1.61. The van der Waals surface area contributed by atoms with Gasteiger partial charge in [-0.25, -0.2) is 0 Å². The lowest BCUT2D eigenvalue weighted by atomic mass is 9.90. The maximum atomic E-state index is 12.7. The molecule has 0 aliphatic carbocycles. The second-order valence-corrected chi connectivity index (χ2v) is 6.92. The van der Waals surface area contributed by atoms with Crippen LogP contribution in [0, 0.1) is 5.41 Å². The minimum Gasteiger partial charge on any atom is -0.457 e. The van der Waals surface area contributed by atoms with Gasteiger partial charge in [0.1, 0.15) is 16.9 Å². The summed E-state index contributed by atoms with van der Waals surface area (Å²) in [5.74, 6) is 0.887. The van der Waals surface area contributed by atoms with E-state index in [2.05, 4.69) is 5.32 Å². The van der Waals surface area contributed by atoms with Crippen molar-refractivity contribution in [1.82, 2.24) is 4.90 Å². The van der Waals surface area contributed by atoms with E-state index in [1.54, 1.807) is 43.0 Å². The molecule has 1 aliphatic heterocycles. The third kappa shape index (κ3) is 4.65. The Morgan fingerprint density at radius 2 is 1.56 bits per heavy atom. The number of carbonyl (C=O) groups is 2. The van der Waals surface area contributed by atoms with Crippen LogP contribution < -0.4 is 10.1 Å². The zero-order valence-electron chi connectivity index (χ0n) is 15.6. The van der Waals surface area contributed by atoms with Gasteiger partial charge in [-0.15, -0.1) is 0 Å². The molecule has 1 aliphatic rings. The third-order valence-corrected chi connectivity index (χ3v) is 4.49. The molecular formula is C21H24N2O4. The van der Waals surface area contributed by atoms with E-state index in [1.165, 1.54) is 0 Å². The smallest absolute Gasteiger partial charge is 0.239 e. The summed E-state index contributed by atoms with van der Waals surface area (Å²) < 4.78 is 11.0. The van der Waals surface area contributed by atoms with Gasteiger partial charge in [-0.3, -0.25) is 9.59 Å². The highest BCUT2D eigenvalue weighted by Gasteiger charge is 2.39. The van der Waals surface area contributed by atoms with Crippen LogP contribution >= 0.6 is 0 Å². The number of morpholine rings is 1. The molecule has 0 saturated carbocycles. The summed E-state index contributed by atoms with van der Waals surface area (Å²) in [5, 5.41) is 2.82. The average Bonchev–Trinajstić information content (AvgIpc) is 2.70. The summed E-state index contributed by atoms with van der Waals surface area (Å²) in [6.45, 7) is 5.33. The summed E-state index contributed by atoms with van der Waals surface area (Å²) >= 11 is 0. The minimum atomic E-state index is -1.16. The number of hydrogen-bond acceptors (Lipinski definition) is 4. The molecule has 0 bridgehead atoms. The van der Waals surface area contributed by atoms with Crippen molar-refractivity contribution in [3.8, 4) is 11.5 Å². The lowest BCUT2D eigenvalue weighted by molar-refractivity contribution is -0.149. The Morgan fingerprint density at radius 1 is 0.963 bits per heavy atom. The predicted octanol–water partition coefficient (Wildman–Crippen LogP) is 3.30. The van der Waals surface area contributed by atoms with Crippen LogP contribution in [0.3, 0.4) is 0 Å². The minimum absolute atomic E-state index is 0.188. The Labute approximate surface area is 159 Å². The van der Waals surface area contributed by atoms with Crippen LogP contribution in [0.4, 0.5) is 5.69 Å². The number of hydrogen-bond donors (Lipinski definition) is 1. The van der Waals surface area contributed by atoms with Crippen molar-refractivity contribution in [3.05, 3.63) is 54.6 Å². The highest BCUT2D eigenvalue weighted by molar-refractivity contribution is 6.09. The summed E-state index contributed by atoms with van der Waals surface area (Å²) in [5.41, 5.74) is -0.542. The van der Waals surface area contributed by atoms with E-state index in [9.17, 15) is 9.59 Å². The molecule has 0 radical (unpaired) electrons. The van der Waals surface area contributed by atoms with Crippen LogP contribution in [0.25, 0.3) is 0 Å². The van der Waals surface area contributed by atoms with Crippen molar-refractivity contribution in [2.75, 3.05) is 31.6 Å². The SMILES string of the molecule is CC(C)(C(=O)Nc1ccc(Oc2ccccc2)cc1)C(=O)N1CCOCC1. The maximum absolute atomic E-state index is 12.7. The van der Waals surface area contributed by atoms with E-state index in [1.807, 2.05) is 30.3 Å². The standard InChI is InChI=1S/C21H24N2O4/c1-21(2,20(25)23-12-14-26-15-13-23)19(24)22-16-8-10-18(11-9-16)27-17-6-4-3-5-7-17/h3-11H,12-15H2,1-2H3,(H,22,24). The van der Waals surface area contributed by atoms with Crippen molar-refractivity contribution < 1.29 is 19.1 Å². The molecule has 27 heavy (non-hydrogen) atoms. The summed E-state index contributed by atoms with van der Waals surface area (Å²) in [4.78, 5) is 27.1. The van der Waals surface area contributed by atoms with Gasteiger partial charge in [-0.2, -0.15) is 0 Å². The zero-order chi connectivity index (χ0) is 19.3. The molecule has 2 aromatic rings. The number of ether oxygens (including phenoxy) is 2. The van der Waals surface area contributed by atoms with Gasteiger partial charge in [0.15, 0.2) is 0 Å². The van der Waals surface area contributed by atoms with Crippen molar-refractivity contribution in [2.24, 2.45) is 5.41 Å². The molecule has 0 spiro atoms.